The number of aryl methyl sites for hydroxylation is 1. The molecule has 0 aliphatic carbocycles. The second-order valence-corrected chi connectivity index (χ2v) is 5.44. The number of aromatic nitrogens is 1. The minimum Gasteiger partial charge on any atom is -0.325 e. The largest absolute Gasteiger partial charge is 0.325 e. The van der Waals surface area contributed by atoms with Crippen LogP contribution in [-0.4, -0.2) is 23.0 Å². The summed E-state index contributed by atoms with van der Waals surface area (Å²) in [5.74, 6) is -0.362. The predicted octanol–water partition coefficient (Wildman–Crippen LogP) is 2.83. The number of benzene rings is 1. The Balaban J connectivity index is 2.16. The number of halogens is 1. The van der Waals surface area contributed by atoms with Crippen LogP contribution in [0.2, 0.25) is 0 Å². The molecule has 1 aromatic heterocycles. The van der Waals surface area contributed by atoms with Gasteiger partial charge in [-0.1, -0.05) is 13.0 Å². The number of rotatable bonds is 3. The molecule has 106 valence electrons. The van der Waals surface area contributed by atoms with Gasteiger partial charge in [-0.25, -0.2) is 4.39 Å². The molecule has 1 aliphatic heterocycles. The monoisotopic (exact) mass is 274 g/mol. The Bertz CT molecular complexity index is 687. The molecule has 0 bridgehead atoms. The first kappa shape index (κ1) is 13.3. The Morgan fingerprint density at radius 2 is 2.00 bits per heavy atom. The molecule has 1 aromatic carbocycles. The van der Waals surface area contributed by atoms with Gasteiger partial charge >= 0.3 is 0 Å². The van der Waals surface area contributed by atoms with Gasteiger partial charge in [0.25, 0.3) is 5.56 Å². The van der Waals surface area contributed by atoms with Crippen LogP contribution in [0.25, 0.3) is 10.8 Å². The lowest BCUT2D eigenvalue weighted by Gasteiger charge is -2.18. The molecule has 2 aromatic rings. The number of likely N-dealkylation sites (tertiary alicyclic amines) is 1. The van der Waals surface area contributed by atoms with E-state index in [1.54, 1.807) is 6.07 Å². The van der Waals surface area contributed by atoms with Crippen molar-refractivity contribution in [1.29, 1.82) is 0 Å². The molecule has 0 unspecified atom stereocenters. The van der Waals surface area contributed by atoms with Crippen molar-refractivity contribution in [1.82, 2.24) is 9.88 Å². The first-order chi connectivity index (χ1) is 9.69. The van der Waals surface area contributed by atoms with E-state index in [9.17, 15) is 9.18 Å². The second kappa shape index (κ2) is 5.37. The molecule has 0 radical (unpaired) electrons. The third kappa shape index (κ3) is 2.36. The molecule has 3 nitrogen and oxygen atoms in total. The maximum Gasteiger partial charge on any atom is 0.256 e. The zero-order chi connectivity index (χ0) is 14.1. The van der Waals surface area contributed by atoms with Crippen molar-refractivity contribution < 1.29 is 4.39 Å². The van der Waals surface area contributed by atoms with Gasteiger partial charge in [-0.2, -0.15) is 0 Å². The molecule has 1 N–H and O–H groups in total. The van der Waals surface area contributed by atoms with Gasteiger partial charge in [0.15, 0.2) is 0 Å². The van der Waals surface area contributed by atoms with E-state index in [0.29, 0.717) is 5.39 Å². The lowest BCUT2D eigenvalue weighted by atomic mass is 10.0. The van der Waals surface area contributed by atoms with E-state index in [1.807, 2.05) is 6.92 Å². The second-order valence-electron chi connectivity index (χ2n) is 5.44. The Morgan fingerprint density at radius 3 is 2.70 bits per heavy atom. The zero-order valence-electron chi connectivity index (χ0n) is 11.7. The fourth-order valence-corrected chi connectivity index (χ4v) is 3.06. The van der Waals surface area contributed by atoms with Crippen LogP contribution >= 0.6 is 0 Å². The van der Waals surface area contributed by atoms with Crippen molar-refractivity contribution in [3.8, 4) is 0 Å². The summed E-state index contributed by atoms with van der Waals surface area (Å²) >= 11 is 0. The minimum absolute atomic E-state index is 0.193. The van der Waals surface area contributed by atoms with Gasteiger partial charge in [0.2, 0.25) is 0 Å². The number of aromatic amines is 1. The van der Waals surface area contributed by atoms with Gasteiger partial charge in [-0.05, 0) is 55.4 Å². The molecule has 0 atom stereocenters. The highest BCUT2D eigenvalue weighted by molar-refractivity contribution is 5.85. The summed E-state index contributed by atoms with van der Waals surface area (Å²) in [6.07, 6.45) is 3.25. The number of fused-ring (bicyclic) bond motifs is 1. The standard InChI is InChI=1S/C16H19FN2O/c1-2-15-14(10-19-7-3-4-8-19)12-6-5-11(17)9-13(12)16(20)18-15/h5-6,9H,2-4,7-8,10H2,1H3,(H,18,20). The fraction of sp³-hybridized carbons (Fsp3) is 0.438. The molecule has 2 heterocycles. The van der Waals surface area contributed by atoms with Crippen molar-refractivity contribution in [3.63, 3.8) is 0 Å². The molecule has 1 aliphatic rings. The molecule has 3 rings (SSSR count). The van der Waals surface area contributed by atoms with E-state index in [2.05, 4.69) is 9.88 Å². The van der Waals surface area contributed by atoms with Crippen molar-refractivity contribution in [2.45, 2.75) is 32.7 Å². The number of nitrogens with one attached hydrogen (secondary N) is 1. The number of H-pyrrole nitrogens is 1. The third-order valence-corrected chi connectivity index (χ3v) is 4.11. The molecule has 0 saturated carbocycles. The van der Waals surface area contributed by atoms with E-state index in [4.69, 9.17) is 0 Å². The molecule has 20 heavy (non-hydrogen) atoms. The number of nitrogens with zero attached hydrogens (tertiary/aromatic N) is 1. The summed E-state index contributed by atoms with van der Waals surface area (Å²) in [7, 11) is 0. The van der Waals surface area contributed by atoms with E-state index in [0.717, 1.165) is 42.7 Å². The molecular formula is C16H19FN2O. The molecule has 1 fully saturated rings. The topological polar surface area (TPSA) is 36.1 Å². The van der Waals surface area contributed by atoms with Crippen LogP contribution in [0.1, 0.15) is 31.0 Å². The van der Waals surface area contributed by atoms with Crippen LogP contribution in [0.5, 0.6) is 0 Å². The predicted molar refractivity (Wildman–Crippen MR) is 78.4 cm³/mol. The van der Waals surface area contributed by atoms with E-state index >= 15 is 0 Å². The SMILES string of the molecule is CCc1[nH]c(=O)c2cc(F)ccc2c1CN1CCCC1. The van der Waals surface area contributed by atoms with Gasteiger partial charge in [-0.3, -0.25) is 9.69 Å². The summed E-state index contributed by atoms with van der Waals surface area (Å²) in [5.41, 5.74) is 1.92. The Morgan fingerprint density at radius 1 is 1.25 bits per heavy atom. The quantitative estimate of drug-likeness (QED) is 0.934. The van der Waals surface area contributed by atoms with Gasteiger partial charge in [0.05, 0.1) is 5.39 Å². The summed E-state index contributed by atoms with van der Waals surface area (Å²) in [4.78, 5) is 17.4. The zero-order valence-corrected chi connectivity index (χ0v) is 11.7. The summed E-state index contributed by atoms with van der Waals surface area (Å²) in [5, 5.41) is 1.34. The maximum atomic E-state index is 13.4. The third-order valence-electron chi connectivity index (χ3n) is 4.11. The first-order valence-electron chi connectivity index (χ1n) is 7.24. The van der Waals surface area contributed by atoms with Crippen LogP contribution in [0, 0.1) is 5.82 Å². The van der Waals surface area contributed by atoms with Gasteiger partial charge in [0.1, 0.15) is 5.82 Å². The molecule has 4 heteroatoms. The van der Waals surface area contributed by atoms with E-state index in [-0.39, 0.29) is 11.4 Å². The van der Waals surface area contributed by atoms with E-state index < -0.39 is 0 Å². The summed E-state index contributed by atoms with van der Waals surface area (Å²) < 4.78 is 13.4. The molecule has 0 amide bonds. The average molecular weight is 274 g/mol. The van der Waals surface area contributed by atoms with Crippen LogP contribution in [0.4, 0.5) is 4.39 Å². The van der Waals surface area contributed by atoms with Crippen LogP contribution < -0.4 is 5.56 Å². The number of hydrogen-bond acceptors (Lipinski definition) is 2. The highest BCUT2D eigenvalue weighted by atomic mass is 19.1. The van der Waals surface area contributed by atoms with Crippen LogP contribution in [0.3, 0.4) is 0 Å². The first-order valence-corrected chi connectivity index (χ1v) is 7.24. The fourth-order valence-electron chi connectivity index (χ4n) is 3.06. The Kier molecular flexibility index (Phi) is 3.57. The van der Waals surface area contributed by atoms with Crippen molar-refractivity contribution >= 4 is 10.8 Å². The average Bonchev–Trinajstić information content (AvgIpc) is 2.95. The Hall–Kier alpha value is -1.68. The number of pyridine rings is 1. The van der Waals surface area contributed by atoms with Crippen molar-refractivity contribution in [2.75, 3.05) is 13.1 Å². The lowest BCUT2D eigenvalue weighted by Crippen LogP contribution is -2.22. The molecular weight excluding hydrogens is 255 g/mol. The molecule has 1 saturated heterocycles. The van der Waals surface area contributed by atoms with Gasteiger partial charge in [0, 0.05) is 12.2 Å². The number of hydrogen-bond donors (Lipinski definition) is 1. The smallest absolute Gasteiger partial charge is 0.256 e. The highest BCUT2D eigenvalue weighted by Gasteiger charge is 2.17. The highest BCUT2D eigenvalue weighted by Crippen LogP contribution is 2.23. The summed E-state index contributed by atoms with van der Waals surface area (Å²) in [6, 6.07) is 4.51. The van der Waals surface area contributed by atoms with Crippen molar-refractivity contribution in [3.05, 3.63) is 45.6 Å². The van der Waals surface area contributed by atoms with Crippen LogP contribution in [-0.2, 0) is 13.0 Å². The van der Waals surface area contributed by atoms with E-state index in [1.165, 1.54) is 25.0 Å². The van der Waals surface area contributed by atoms with Crippen molar-refractivity contribution in [2.24, 2.45) is 0 Å². The van der Waals surface area contributed by atoms with Gasteiger partial charge in [-0.15, -0.1) is 0 Å². The normalized spacial score (nSPS) is 16.1. The minimum atomic E-state index is -0.362. The lowest BCUT2D eigenvalue weighted by molar-refractivity contribution is 0.331. The van der Waals surface area contributed by atoms with Gasteiger partial charge < -0.3 is 4.98 Å². The van der Waals surface area contributed by atoms with Crippen LogP contribution in [0.15, 0.2) is 23.0 Å². The Labute approximate surface area is 117 Å². The summed E-state index contributed by atoms with van der Waals surface area (Å²) in [6.45, 7) is 5.08. The molecule has 0 spiro atoms. The maximum absolute atomic E-state index is 13.4.